The molecule has 6 heteroatoms. The summed E-state index contributed by atoms with van der Waals surface area (Å²) in [5.74, 6) is 1.50. The van der Waals surface area contributed by atoms with Gasteiger partial charge >= 0.3 is 0 Å². The minimum atomic E-state index is 0.690. The molecule has 1 heterocycles. The normalized spacial score (nSPS) is 16.5. The quantitative estimate of drug-likeness (QED) is 0.365. The second-order valence-corrected chi connectivity index (χ2v) is 8.04. The van der Waals surface area contributed by atoms with E-state index in [9.17, 15) is 0 Å². The van der Waals surface area contributed by atoms with E-state index in [2.05, 4.69) is 70.6 Å². The number of rotatable bonds is 10. The van der Waals surface area contributed by atoms with Gasteiger partial charge in [0, 0.05) is 59.5 Å². The maximum Gasteiger partial charge on any atom is 0.191 e. The van der Waals surface area contributed by atoms with E-state index in [4.69, 9.17) is 4.74 Å². The van der Waals surface area contributed by atoms with Crippen LogP contribution in [-0.2, 0) is 17.8 Å². The van der Waals surface area contributed by atoms with Gasteiger partial charge in [0.1, 0.15) is 0 Å². The van der Waals surface area contributed by atoms with Crippen molar-refractivity contribution in [1.82, 2.24) is 20.4 Å². The second kappa shape index (κ2) is 12.8. The molecule has 1 aromatic rings. The Morgan fingerprint density at radius 3 is 2.36 bits per heavy atom. The number of hydrogen-bond acceptors (Lipinski definition) is 4. The number of ether oxygens (including phenoxy) is 1. The third-order valence-corrected chi connectivity index (χ3v) is 5.09. The van der Waals surface area contributed by atoms with Gasteiger partial charge in [0.2, 0.25) is 0 Å². The summed E-state index contributed by atoms with van der Waals surface area (Å²) in [5, 5.41) is 6.67. The van der Waals surface area contributed by atoms with Crippen molar-refractivity contribution >= 4 is 5.96 Å². The average molecular weight is 390 g/mol. The number of piperazine rings is 1. The third kappa shape index (κ3) is 9.04. The van der Waals surface area contributed by atoms with Gasteiger partial charge < -0.3 is 20.3 Å². The molecule has 1 aliphatic heterocycles. The Bertz CT molecular complexity index is 565. The molecule has 0 unspecified atom stereocenters. The number of nitrogens with zero attached hydrogens (tertiary/aromatic N) is 3. The molecule has 28 heavy (non-hydrogen) atoms. The van der Waals surface area contributed by atoms with Crippen LogP contribution in [-0.4, -0.2) is 75.8 Å². The van der Waals surface area contributed by atoms with E-state index in [1.807, 2.05) is 0 Å². The van der Waals surface area contributed by atoms with Crippen LogP contribution in [0.2, 0.25) is 0 Å². The first-order chi connectivity index (χ1) is 13.6. The predicted molar refractivity (Wildman–Crippen MR) is 118 cm³/mol. The SMILES string of the molecule is CN=C(NCCOCCC(C)C)NCc1ccc(CN2CCN(C)CC2)cc1. The van der Waals surface area contributed by atoms with Crippen molar-refractivity contribution in [3.8, 4) is 0 Å². The zero-order valence-corrected chi connectivity index (χ0v) is 18.2. The highest BCUT2D eigenvalue weighted by molar-refractivity contribution is 5.79. The largest absolute Gasteiger partial charge is 0.380 e. The summed E-state index contributed by atoms with van der Waals surface area (Å²) < 4.78 is 5.63. The topological polar surface area (TPSA) is 52.1 Å². The summed E-state index contributed by atoms with van der Waals surface area (Å²) in [5.41, 5.74) is 2.65. The van der Waals surface area contributed by atoms with Gasteiger partial charge in [0.25, 0.3) is 0 Å². The molecule has 0 radical (unpaired) electrons. The number of likely N-dealkylation sites (N-methyl/N-ethyl adjacent to an activating group) is 1. The number of guanidine groups is 1. The highest BCUT2D eigenvalue weighted by Gasteiger charge is 2.13. The lowest BCUT2D eigenvalue weighted by atomic mass is 10.1. The molecule has 0 saturated carbocycles. The van der Waals surface area contributed by atoms with Crippen LogP contribution in [0.4, 0.5) is 0 Å². The molecule has 0 bridgehead atoms. The van der Waals surface area contributed by atoms with E-state index in [1.54, 1.807) is 7.05 Å². The van der Waals surface area contributed by atoms with Crippen molar-refractivity contribution in [1.29, 1.82) is 0 Å². The lowest BCUT2D eigenvalue weighted by Crippen LogP contribution is -2.43. The Balaban J connectivity index is 1.64. The van der Waals surface area contributed by atoms with Crippen LogP contribution >= 0.6 is 0 Å². The van der Waals surface area contributed by atoms with Gasteiger partial charge in [0.05, 0.1) is 6.61 Å². The maximum absolute atomic E-state index is 5.63. The molecule has 1 aromatic carbocycles. The zero-order valence-electron chi connectivity index (χ0n) is 18.2. The molecule has 2 rings (SSSR count). The molecule has 158 valence electrons. The number of benzene rings is 1. The maximum atomic E-state index is 5.63. The van der Waals surface area contributed by atoms with Crippen LogP contribution in [0, 0.1) is 5.92 Å². The van der Waals surface area contributed by atoms with Crippen LogP contribution in [0.25, 0.3) is 0 Å². The number of hydrogen-bond donors (Lipinski definition) is 2. The molecule has 1 fully saturated rings. The van der Waals surface area contributed by atoms with Gasteiger partial charge in [-0.1, -0.05) is 38.1 Å². The van der Waals surface area contributed by atoms with Crippen LogP contribution in [0.3, 0.4) is 0 Å². The highest BCUT2D eigenvalue weighted by Crippen LogP contribution is 2.09. The van der Waals surface area contributed by atoms with Gasteiger partial charge in [-0.25, -0.2) is 0 Å². The van der Waals surface area contributed by atoms with Gasteiger partial charge in [0.15, 0.2) is 5.96 Å². The molecular weight excluding hydrogens is 350 g/mol. The molecule has 0 amide bonds. The van der Waals surface area contributed by atoms with Crippen LogP contribution in [0.5, 0.6) is 0 Å². The first-order valence-electron chi connectivity index (χ1n) is 10.6. The zero-order chi connectivity index (χ0) is 20.2. The van der Waals surface area contributed by atoms with Crippen LogP contribution in [0.1, 0.15) is 31.4 Å². The van der Waals surface area contributed by atoms with Gasteiger partial charge in [-0.2, -0.15) is 0 Å². The summed E-state index contributed by atoms with van der Waals surface area (Å²) in [6, 6.07) is 8.91. The first-order valence-corrected chi connectivity index (χ1v) is 10.6. The van der Waals surface area contributed by atoms with Crippen molar-refractivity contribution in [2.75, 3.05) is 60.0 Å². The summed E-state index contributed by atoms with van der Waals surface area (Å²) in [7, 11) is 4.00. The van der Waals surface area contributed by atoms with E-state index in [1.165, 1.54) is 11.1 Å². The van der Waals surface area contributed by atoms with Gasteiger partial charge in [-0.3, -0.25) is 9.89 Å². The Kier molecular flexibility index (Phi) is 10.3. The summed E-state index contributed by atoms with van der Waals surface area (Å²) in [6.45, 7) is 13.2. The molecule has 6 nitrogen and oxygen atoms in total. The molecule has 1 aliphatic rings. The Hall–Kier alpha value is -1.63. The van der Waals surface area contributed by atoms with E-state index >= 15 is 0 Å². The minimum absolute atomic E-state index is 0.690. The first kappa shape index (κ1) is 22.7. The monoisotopic (exact) mass is 389 g/mol. The number of nitrogens with one attached hydrogen (secondary N) is 2. The second-order valence-electron chi connectivity index (χ2n) is 8.04. The highest BCUT2D eigenvalue weighted by atomic mass is 16.5. The van der Waals surface area contributed by atoms with E-state index in [-0.39, 0.29) is 0 Å². The van der Waals surface area contributed by atoms with Crippen molar-refractivity contribution in [3.05, 3.63) is 35.4 Å². The van der Waals surface area contributed by atoms with E-state index < -0.39 is 0 Å². The van der Waals surface area contributed by atoms with Crippen molar-refractivity contribution < 1.29 is 4.74 Å². The lowest BCUT2D eigenvalue weighted by molar-refractivity contribution is 0.128. The lowest BCUT2D eigenvalue weighted by Gasteiger charge is -2.32. The smallest absolute Gasteiger partial charge is 0.191 e. The Labute approximate surface area is 171 Å². The molecule has 0 atom stereocenters. The van der Waals surface area contributed by atoms with Crippen molar-refractivity contribution in [3.63, 3.8) is 0 Å². The molecule has 2 N–H and O–H groups in total. The fraction of sp³-hybridized carbons (Fsp3) is 0.682. The average Bonchev–Trinajstić information content (AvgIpc) is 2.69. The van der Waals surface area contributed by atoms with Crippen LogP contribution in [0.15, 0.2) is 29.3 Å². The van der Waals surface area contributed by atoms with Gasteiger partial charge in [-0.05, 0) is 30.5 Å². The van der Waals surface area contributed by atoms with E-state index in [0.717, 1.165) is 64.8 Å². The third-order valence-electron chi connectivity index (χ3n) is 5.09. The van der Waals surface area contributed by atoms with E-state index in [0.29, 0.717) is 12.5 Å². The number of aliphatic imine (C=N–C) groups is 1. The summed E-state index contributed by atoms with van der Waals surface area (Å²) >= 11 is 0. The van der Waals surface area contributed by atoms with Crippen LogP contribution < -0.4 is 10.6 Å². The van der Waals surface area contributed by atoms with Crippen molar-refractivity contribution in [2.45, 2.75) is 33.4 Å². The fourth-order valence-electron chi connectivity index (χ4n) is 3.10. The van der Waals surface area contributed by atoms with Crippen molar-refractivity contribution in [2.24, 2.45) is 10.9 Å². The standard InChI is InChI=1S/C22H39N5O/c1-19(2)9-15-28-16-10-24-22(23-3)25-17-20-5-7-21(8-6-20)18-27-13-11-26(4)12-14-27/h5-8,19H,9-18H2,1-4H3,(H2,23,24,25). The fourth-order valence-corrected chi connectivity index (χ4v) is 3.10. The Morgan fingerprint density at radius 1 is 1.04 bits per heavy atom. The molecular formula is C22H39N5O. The molecule has 0 spiro atoms. The minimum Gasteiger partial charge on any atom is -0.380 e. The summed E-state index contributed by atoms with van der Waals surface area (Å²) in [4.78, 5) is 9.20. The molecule has 0 aromatic heterocycles. The molecule has 1 saturated heterocycles. The predicted octanol–water partition coefficient (Wildman–Crippen LogP) is 2.16. The van der Waals surface area contributed by atoms with Gasteiger partial charge in [-0.15, -0.1) is 0 Å². The Morgan fingerprint density at radius 2 is 1.71 bits per heavy atom. The molecule has 0 aliphatic carbocycles. The summed E-state index contributed by atoms with van der Waals surface area (Å²) in [6.07, 6.45) is 1.11.